The van der Waals surface area contributed by atoms with Crippen LogP contribution in [0.2, 0.25) is 0 Å². The van der Waals surface area contributed by atoms with Crippen molar-refractivity contribution in [2.45, 2.75) is 19.3 Å². The van der Waals surface area contributed by atoms with Crippen LogP contribution in [0.15, 0.2) is 0 Å². The summed E-state index contributed by atoms with van der Waals surface area (Å²) in [6.45, 7) is 5.99. The third-order valence-corrected chi connectivity index (χ3v) is 2.63. The Bertz CT molecular complexity index is 165. The average molecular weight is 180 g/mol. The standard InChI is InChI=1S/C11H20N2/c1-3-4-7-12(2)10-11-13-8-5-6-9-13/h1H,4-11H2,2H3. The zero-order valence-electron chi connectivity index (χ0n) is 8.63. The molecule has 0 unspecified atom stereocenters. The number of hydrogen-bond donors (Lipinski definition) is 0. The summed E-state index contributed by atoms with van der Waals surface area (Å²) in [5.74, 6) is 2.67. The quantitative estimate of drug-likeness (QED) is 0.583. The van der Waals surface area contributed by atoms with Crippen molar-refractivity contribution in [3.8, 4) is 12.3 Å². The van der Waals surface area contributed by atoms with Gasteiger partial charge in [-0.1, -0.05) is 0 Å². The summed E-state index contributed by atoms with van der Waals surface area (Å²) in [7, 11) is 2.15. The number of likely N-dealkylation sites (N-methyl/N-ethyl adjacent to an activating group) is 1. The van der Waals surface area contributed by atoms with Gasteiger partial charge in [-0.15, -0.1) is 12.3 Å². The van der Waals surface area contributed by atoms with E-state index in [4.69, 9.17) is 6.42 Å². The van der Waals surface area contributed by atoms with E-state index in [0.29, 0.717) is 0 Å². The minimum Gasteiger partial charge on any atom is -0.304 e. The molecule has 0 aliphatic carbocycles. The summed E-state index contributed by atoms with van der Waals surface area (Å²) in [5, 5.41) is 0. The van der Waals surface area contributed by atoms with Crippen LogP contribution >= 0.6 is 0 Å². The van der Waals surface area contributed by atoms with Gasteiger partial charge in [0.2, 0.25) is 0 Å². The van der Waals surface area contributed by atoms with Crippen molar-refractivity contribution in [2.75, 3.05) is 39.8 Å². The molecule has 1 heterocycles. The first-order valence-corrected chi connectivity index (χ1v) is 5.17. The second kappa shape index (κ2) is 6.01. The van der Waals surface area contributed by atoms with E-state index in [1.165, 1.54) is 32.5 Å². The van der Waals surface area contributed by atoms with Crippen molar-refractivity contribution in [3.05, 3.63) is 0 Å². The summed E-state index contributed by atoms with van der Waals surface area (Å²) in [6, 6.07) is 0. The van der Waals surface area contributed by atoms with E-state index in [0.717, 1.165) is 19.5 Å². The molecule has 2 nitrogen and oxygen atoms in total. The molecule has 0 atom stereocenters. The molecule has 1 saturated heterocycles. The van der Waals surface area contributed by atoms with E-state index in [9.17, 15) is 0 Å². The lowest BCUT2D eigenvalue weighted by Crippen LogP contribution is -2.31. The van der Waals surface area contributed by atoms with Gasteiger partial charge in [0.1, 0.15) is 0 Å². The van der Waals surface area contributed by atoms with E-state index in [-0.39, 0.29) is 0 Å². The monoisotopic (exact) mass is 180 g/mol. The van der Waals surface area contributed by atoms with Crippen molar-refractivity contribution < 1.29 is 0 Å². The predicted octanol–water partition coefficient (Wildman–Crippen LogP) is 1.04. The maximum absolute atomic E-state index is 5.21. The van der Waals surface area contributed by atoms with Crippen molar-refractivity contribution in [3.63, 3.8) is 0 Å². The predicted molar refractivity (Wildman–Crippen MR) is 56.6 cm³/mol. The van der Waals surface area contributed by atoms with Crippen LogP contribution in [0.25, 0.3) is 0 Å². The molecule has 0 aromatic carbocycles. The lowest BCUT2D eigenvalue weighted by molar-refractivity contribution is 0.260. The van der Waals surface area contributed by atoms with E-state index >= 15 is 0 Å². The Morgan fingerprint density at radius 1 is 1.31 bits per heavy atom. The van der Waals surface area contributed by atoms with Crippen LogP contribution in [0.4, 0.5) is 0 Å². The topological polar surface area (TPSA) is 6.48 Å². The summed E-state index contributed by atoms with van der Waals surface area (Å²) >= 11 is 0. The fourth-order valence-electron chi connectivity index (χ4n) is 1.69. The van der Waals surface area contributed by atoms with Crippen LogP contribution in [-0.2, 0) is 0 Å². The van der Waals surface area contributed by atoms with Crippen molar-refractivity contribution >= 4 is 0 Å². The summed E-state index contributed by atoms with van der Waals surface area (Å²) < 4.78 is 0. The maximum atomic E-state index is 5.21. The van der Waals surface area contributed by atoms with Crippen LogP contribution < -0.4 is 0 Å². The Hall–Kier alpha value is -0.520. The van der Waals surface area contributed by atoms with Gasteiger partial charge < -0.3 is 9.80 Å². The molecule has 0 N–H and O–H groups in total. The second-order valence-electron chi connectivity index (χ2n) is 3.81. The van der Waals surface area contributed by atoms with E-state index in [1.807, 2.05) is 0 Å². The first-order valence-electron chi connectivity index (χ1n) is 5.17. The van der Waals surface area contributed by atoms with Gasteiger partial charge >= 0.3 is 0 Å². The van der Waals surface area contributed by atoms with E-state index in [1.54, 1.807) is 0 Å². The SMILES string of the molecule is C#CCCN(C)CCN1CCCC1. The molecule has 1 aliphatic heterocycles. The molecule has 1 aliphatic rings. The molecule has 13 heavy (non-hydrogen) atoms. The molecule has 0 bridgehead atoms. The highest BCUT2D eigenvalue weighted by Crippen LogP contribution is 2.06. The lowest BCUT2D eigenvalue weighted by atomic mass is 10.4. The molecular formula is C11H20N2. The Morgan fingerprint density at radius 2 is 2.00 bits per heavy atom. The molecule has 0 saturated carbocycles. The summed E-state index contributed by atoms with van der Waals surface area (Å²) in [5.41, 5.74) is 0. The van der Waals surface area contributed by atoms with Crippen LogP contribution in [0.3, 0.4) is 0 Å². The minimum atomic E-state index is 0.872. The minimum absolute atomic E-state index is 0.872. The molecule has 0 aromatic rings. The highest BCUT2D eigenvalue weighted by molar-refractivity contribution is 4.84. The molecule has 2 heteroatoms. The van der Waals surface area contributed by atoms with Crippen LogP contribution in [0, 0.1) is 12.3 Å². The van der Waals surface area contributed by atoms with Gasteiger partial charge in [0, 0.05) is 26.1 Å². The van der Waals surface area contributed by atoms with Gasteiger partial charge in [-0.2, -0.15) is 0 Å². The Labute approximate surface area is 81.9 Å². The average Bonchev–Trinajstić information content (AvgIpc) is 2.64. The highest BCUT2D eigenvalue weighted by atomic mass is 15.2. The number of hydrogen-bond acceptors (Lipinski definition) is 2. The zero-order valence-corrected chi connectivity index (χ0v) is 8.63. The van der Waals surface area contributed by atoms with Crippen molar-refractivity contribution in [1.29, 1.82) is 0 Å². The first kappa shape index (κ1) is 10.6. The molecular weight excluding hydrogens is 160 g/mol. The first-order chi connectivity index (χ1) is 6.33. The van der Waals surface area contributed by atoms with Crippen LogP contribution in [0.5, 0.6) is 0 Å². The van der Waals surface area contributed by atoms with Crippen molar-refractivity contribution in [1.82, 2.24) is 9.80 Å². The summed E-state index contributed by atoms with van der Waals surface area (Å²) in [4.78, 5) is 4.85. The molecule has 0 aromatic heterocycles. The molecule has 1 fully saturated rings. The largest absolute Gasteiger partial charge is 0.304 e. The van der Waals surface area contributed by atoms with Gasteiger partial charge in [0.15, 0.2) is 0 Å². The molecule has 1 rings (SSSR count). The fourth-order valence-corrected chi connectivity index (χ4v) is 1.69. The Morgan fingerprint density at radius 3 is 2.62 bits per heavy atom. The van der Waals surface area contributed by atoms with Crippen LogP contribution in [-0.4, -0.2) is 49.6 Å². The smallest absolute Gasteiger partial charge is 0.0214 e. The highest BCUT2D eigenvalue weighted by Gasteiger charge is 2.11. The van der Waals surface area contributed by atoms with Gasteiger partial charge in [-0.05, 0) is 33.0 Å². The number of likely N-dealkylation sites (tertiary alicyclic amines) is 1. The molecule has 74 valence electrons. The lowest BCUT2D eigenvalue weighted by Gasteiger charge is -2.20. The third-order valence-electron chi connectivity index (χ3n) is 2.63. The van der Waals surface area contributed by atoms with Gasteiger partial charge in [-0.25, -0.2) is 0 Å². The number of nitrogens with zero attached hydrogens (tertiary/aromatic N) is 2. The Kier molecular flexibility index (Phi) is 4.88. The van der Waals surface area contributed by atoms with Crippen LogP contribution in [0.1, 0.15) is 19.3 Å². The number of terminal acetylenes is 1. The molecule has 0 amide bonds. The van der Waals surface area contributed by atoms with E-state index in [2.05, 4.69) is 22.8 Å². The summed E-state index contributed by atoms with van der Waals surface area (Å²) in [6.07, 6.45) is 8.85. The fraction of sp³-hybridized carbons (Fsp3) is 0.818. The van der Waals surface area contributed by atoms with Crippen molar-refractivity contribution in [2.24, 2.45) is 0 Å². The third kappa shape index (κ3) is 4.31. The van der Waals surface area contributed by atoms with Gasteiger partial charge in [0.25, 0.3) is 0 Å². The second-order valence-corrected chi connectivity index (χ2v) is 3.81. The molecule has 0 radical (unpaired) electrons. The van der Waals surface area contributed by atoms with Gasteiger partial charge in [-0.3, -0.25) is 0 Å². The zero-order chi connectivity index (χ0) is 9.52. The molecule has 0 spiro atoms. The van der Waals surface area contributed by atoms with Gasteiger partial charge in [0.05, 0.1) is 0 Å². The Balaban J connectivity index is 2.00. The maximum Gasteiger partial charge on any atom is 0.0214 e. The van der Waals surface area contributed by atoms with E-state index < -0.39 is 0 Å². The number of rotatable bonds is 5. The normalized spacial score (nSPS) is 17.9.